The van der Waals surface area contributed by atoms with Gasteiger partial charge in [-0.05, 0) is 59.2 Å². The van der Waals surface area contributed by atoms with Crippen LogP contribution in [0.1, 0.15) is 21.5 Å². The maximum absolute atomic E-state index is 12.3. The number of hydrogen-bond acceptors (Lipinski definition) is 2. The van der Waals surface area contributed by atoms with Crippen molar-refractivity contribution in [3.63, 3.8) is 0 Å². The number of hydrogen-bond donors (Lipinski definition) is 1. The monoisotopic (exact) mass is 430 g/mol. The highest BCUT2D eigenvalue weighted by atomic mass is 16.3. The zero-order valence-electron chi connectivity index (χ0n) is 18.2. The number of fused-ring (bicyclic) bond motifs is 4. The lowest BCUT2D eigenvalue weighted by Gasteiger charge is -2.13. The Morgan fingerprint density at radius 1 is 0.848 bits per heavy atom. The molecule has 0 fully saturated rings. The van der Waals surface area contributed by atoms with Crippen molar-refractivity contribution in [2.24, 2.45) is 5.73 Å². The van der Waals surface area contributed by atoms with Gasteiger partial charge in [-0.25, -0.2) is 0 Å². The Kier molecular flexibility index (Phi) is 4.34. The van der Waals surface area contributed by atoms with E-state index in [2.05, 4.69) is 66.1 Å². The molecule has 0 spiro atoms. The third-order valence-electron chi connectivity index (χ3n) is 6.52. The molecule has 4 nitrogen and oxygen atoms in total. The first kappa shape index (κ1) is 19.4. The first-order valence-electron chi connectivity index (χ1n) is 11.0. The van der Waals surface area contributed by atoms with Crippen LogP contribution in [0.5, 0.6) is 0 Å². The summed E-state index contributed by atoms with van der Waals surface area (Å²) in [4.78, 5) is 12.3. The molecule has 6 aromatic rings. The summed E-state index contributed by atoms with van der Waals surface area (Å²) in [5, 5.41) is 4.39. The normalized spacial score (nSPS) is 11.5. The standard InChI is InChI=1S/C29H22N2O2/c1-18-11-12-20(22-7-3-2-6-21(18)22)17-31-25-9-4-8-24(29(30)32)28(25)23-14-13-19(16-26(23)31)27-10-5-15-33-27/h2-16H,17H2,1H3,(H2,30,32). The number of furan rings is 1. The Balaban J connectivity index is 1.66. The van der Waals surface area contributed by atoms with Gasteiger partial charge in [-0.3, -0.25) is 4.79 Å². The Morgan fingerprint density at radius 2 is 1.70 bits per heavy atom. The number of carbonyl (C=O) groups is 1. The van der Waals surface area contributed by atoms with Crippen molar-refractivity contribution in [3.05, 3.63) is 108 Å². The molecule has 160 valence electrons. The summed E-state index contributed by atoms with van der Waals surface area (Å²) in [6, 6.07) is 28.7. The van der Waals surface area contributed by atoms with Crippen molar-refractivity contribution in [2.45, 2.75) is 13.5 Å². The summed E-state index contributed by atoms with van der Waals surface area (Å²) >= 11 is 0. The van der Waals surface area contributed by atoms with E-state index in [9.17, 15) is 4.79 Å². The smallest absolute Gasteiger partial charge is 0.249 e. The highest BCUT2D eigenvalue weighted by molar-refractivity contribution is 6.18. The molecule has 0 atom stereocenters. The van der Waals surface area contributed by atoms with Gasteiger partial charge in [0.25, 0.3) is 0 Å². The van der Waals surface area contributed by atoms with E-state index in [4.69, 9.17) is 10.2 Å². The average molecular weight is 431 g/mol. The van der Waals surface area contributed by atoms with Crippen molar-refractivity contribution in [2.75, 3.05) is 0 Å². The van der Waals surface area contributed by atoms with Crippen LogP contribution in [0.2, 0.25) is 0 Å². The van der Waals surface area contributed by atoms with E-state index in [0.717, 1.165) is 33.1 Å². The number of benzene rings is 4. The van der Waals surface area contributed by atoms with Crippen LogP contribution < -0.4 is 5.73 Å². The first-order chi connectivity index (χ1) is 16.1. The Morgan fingerprint density at radius 3 is 2.48 bits per heavy atom. The first-order valence-corrected chi connectivity index (χ1v) is 11.0. The van der Waals surface area contributed by atoms with Crippen molar-refractivity contribution in [3.8, 4) is 11.3 Å². The quantitative estimate of drug-likeness (QED) is 0.340. The summed E-state index contributed by atoms with van der Waals surface area (Å²) in [5.41, 5.74) is 11.8. The second kappa shape index (κ2) is 7.38. The SMILES string of the molecule is Cc1ccc(Cn2c3cc(-c4ccco4)ccc3c3c(C(N)=O)cccc32)c2ccccc12. The van der Waals surface area contributed by atoms with Gasteiger partial charge < -0.3 is 14.7 Å². The van der Waals surface area contributed by atoms with Gasteiger partial charge in [0, 0.05) is 28.4 Å². The number of rotatable bonds is 4. The van der Waals surface area contributed by atoms with E-state index in [-0.39, 0.29) is 0 Å². The molecule has 6 rings (SSSR count). The molecule has 0 aliphatic rings. The van der Waals surface area contributed by atoms with Crippen LogP contribution in [0.25, 0.3) is 43.9 Å². The van der Waals surface area contributed by atoms with Gasteiger partial charge in [0.15, 0.2) is 0 Å². The molecular formula is C29H22N2O2. The fraction of sp³-hybridized carbons (Fsp3) is 0.0690. The van der Waals surface area contributed by atoms with E-state index in [1.165, 1.54) is 21.9 Å². The molecule has 4 aromatic carbocycles. The van der Waals surface area contributed by atoms with Crippen LogP contribution in [-0.4, -0.2) is 10.5 Å². The Labute approximate surface area is 190 Å². The van der Waals surface area contributed by atoms with E-state index in [1.807, 2.05) is 24.3 Å². The number of primary amides is 1. The van der Waals surface area contributed by atoms with Crippen molar-refractivity contribution in [1.82, 2.24) is 4.57 Å². The lowest BCUT2D eigenvalue weighted by atomic mass is 10.0. The molecular weight excluding hydrogens is 408 g/mol. The Hall–Kier alpha value is -4.31. The van der Waals surface area contributed by atoms with Gasteiger partial charge in [0.1, 0.15) is 5.76 Å². The summed E-state index contributed by atoms with van der Waals surface area (Å²) in [6.45, 7) is 2.81. The minimum atomic E-state index is -0.421. The zero-order chi connectivity index (χ0) is 22.5. The second-order valence-corrected chi connectivity index (χ2v) is 8.45. The fourth-order valence-electron chi connectivity index (χ4n) is 4.94. The van der Waals surface area contributed by atoms with Crippen LogP contribution in [-0.2, 0) is 6.54 Å². The van der Waals surface area contributed by atoms with Crippen molar-refractivity contribution < 1.29 is 9.21 Å². The van der Waals surface area contributed by atoms with Crippen LogP contribution in [0.3, 0.4) is 0 Å². The molecule has 2 heterocycles. The van der Waals surface area contributed by atoms with E-state index in [0.29, 0.717) is 12.1 Å². The van der Waals surface area contributed by atoms with Gasteiger partial charge in [0.2, 0.25) is 5.91 Å². The predicted molar refractivity (Wildman–Crippen MR) is 133 cm³/mol. The van der Waals surface area contributed by atoms with E-state index < -0.39 is 5.91 Å². The number of nitrogens with two attached hydrogens (primary N) is 1. The minimum absolute atomic E-state index is 0.421. The zero-order valence-corrected chi connectivity index (χ0v) is 18.2. The third kappa shape index (κ3) is 3.03. The van der Waals surface area contributed by atoms with Gasteiger partial charge in [-0.1, -0.05) is 54.6 Å². The number of carbonyl (C=O) groups excluding carboxylic acids is 1. The summed E-state index contributed by atoms with van der Waals surface area (Å²) in [7, 11) is 0. The molecule has 33 heavy (non-hydrogen) atoms. The number of aryl methyl sites for hydroxylation is 1. The summed E-state index contributed by atoms with van der Waals surface area (Å²) in [5.74, 6) is 0.389. The third-order valence-corrected chi connectivity index (χ3v) is 6.52. The number of amides is 1. The van der Waals surface area contributed by atoms with Crippen LogP contribution in [0, 0.1) is 6.92 Å². The average Bonchev–Trinajstić information content (AvgIpc) is 3.48. The Bertz CT molecular complexity index is 1670. The van der Waals surface area contributed by atoms with Gasteiger partial charge in [-0.2, -0.15) is 0 Å². The maximum Gasteiger partial charge on any atom is 0.249 e. The van der Waals surface area contributed by atoms with Crippen molar-refractivity contribution in [1.29, 1.82) is 0 Å². The molecule has 0 saturated heterocycles. The molecule has 2 N–H and O–H groups in total. The van der Waals surface area contributed by atoms with E-state index >= 15 is 0 Å². The molecule has 0 saturated carbocycles. The van der Waals surface area contributed by atoms with Gasteiger partial charge in [0.05, 0.1) is 17.3 Å². The summed E-state index contributed by atoms with van der Waals surface area (Å²) in [6.07, 6.45) is 1.68. The minimum Gasteiger partial charge on any atom is -0.464 e. The molecule has 0 bridgehead atoms. The molecule has 2 aromatic heterocycles. The molecule has 0 unspecified atom stereocenters. The maximum atomic E-state index is 12.3. The lowest BCUT2D eigenvalue weighted by molar-refractivity contribution is 0.100. The highest BCUT2D eigenvalue weighted by Crippen LogP contribution is 2.36. The van der Waals surface area contributed by atoms with Gasteiger partial charge in [-0.15, -0.1) is 0 Å². The molecule has 4 heteroatoms. The topological polar surface area (TPSA) is 61.2 Å². The second-order valence-electron chi connectivity index (χ2n) is 8.45. The van der Waals surface area contributed by atoms with Crippen LogP contribution >= 0.6 is 0 Å². The largest absolute Gasteiger partial charge is 0.464 e. The molecule has 1 amide bonds. The van der Waals surface area contributed by atoms with Gasteiger partial charge >= 0.3 is 0 Å². The number of aromatic nitrogens is 1. The highest BCUT2D eigenvalue weighted by Gasteiger charge is 2.18. The van der Waals surface area contributed by atoms with E-state index in [1.54, 1.807) is 12.3 Å². The fourth-order valence-corrected chi connectivity index (χ4v) is 4.94. The summed E-state index contributed by atoms with van der Waals surface area (Å²) < 4.78 is 7.93. The molecule has 0 aliphatic heterocycles. The van der Waals surface area contributed by atoms with Crippen LogP contribution in [0.4, 0.5) is 0 Å². The molecule has 0 radical (unpaired) electrons. The predicted octanol–water partition coefficient (Wildman–Crippen LogP) is 6.66. The number of nitrogens with zero attached hydrogens (tertiary/aromatic N) is 1. The van der Waals surface area contributed by atoms with Crippen LogP contribution in [0.15, 0.2) is 95.6 Å². The molecule has 0 aliphatic carbocycles. The lowest BCUT2D eigenvalue weighted by Crippen LogP contribution is -2.11. The van der Waals surface area contributed by atoms with Crippen molar-refractivity contribution >= 4 is 38.5 Å².